The fraction of sp³-hybridized carbons (Fsp3) is 0.0435. The third-order valence-electron chi connectivity index (χ3n) is 4.67. The van der Waals surface area contributed by atoms with Crippen LogP contribution in [0.25, 0.3) is 33.0 Å². The number of hydrogen-bond acceptors (Lipinski definition) is 0. The highest BCUT2D eigenvalue weighted by Gasteiger charge is 2.17. The molecule has 0 aromatic heterocycles. The molecule has 4 aromatic carbocycles. The maximum atomic E-state index is 14.7. The Morgan fingerprint density at radius 3 is 1.96 bits per heavy atom. The van der Waals surface area contributed by atoms with E-state index in [4.69, 9.17) is 0 Å². The van der Waals surface area contributed by atoms with E-state index < -0.39 is 29.1 Å². The van der Waals surface area contributed by atoms with Crippen molar-refractivity contribution in [3.63, 3.8) is 0 Å². The molecule has 4 aromatic rings. The summed E-state index contributed by atoms with van der Waals surface area (Å²) in [7, 11) is 0. The quantitative estimate of drug-likeness (QED) is 0.321. The fourth-order valence-electron chi connectivity index (χ4n) is 3.28. The summed E-state index contributed by atoms with van der Waals surface area (Å²) in [6, 6.07) is 12.8. The molecule has 0 N–H and O–H groups in total. The molecular weight excluding hydrogens is 371 g/mol. The Morgan fingerprint density at radius 1 is 0.571 bits per heavy atom. The maximum absolute atomic E-state index is 14.7. The van der Waals surface area contributed by atoms with Gasteiger partial charge in [0, 0.05) is 10.9 Å². The summed E-state index contributed by atoms with van der Waals surface area (Å²) in [5.74, 6) is -4.35. The minimum Gasteiger partial charge on any atom is -0.206 e. The summed E-state index contributed by atoms with van der Waals surface area (Å²) < 4.78 is 70.8. The molecule has 0 aliphatic heterocycles. The summed E-state index contributed by atoms with van der Waals surface area (Å²) in [5, 5.41) is 0.326. The lowest BCUT2D eigenvalue weighted by Gasteiger charge is -2.11. The smallest absolute Gasteiger partial charge is 0.166 e. The Labute approximate surface area is 157 Å². The molecule has 28 heavy (non-hydrogen) atoms. The average molecular weight is 384 g/mol. The van der Waals surface area contributed by atoms with Crippen molar-refractivity contribution in [1.29, 1.82) is 0 Å². The molecule has 4 rings (SSSR count). The fourth-order valence-corrected chi connectivity index (χ4v) is 3.28. The van der Waals surface area contributed by atoms with Crippen LogP contribution in [0.2, 0.25) is 0 Å². The van der Waals surface area contributed by atoms with Gasteiger partial charge in [0.25, 0.3) is 0 Å². The lowest BCUT2D eigenvalue weighted by Crippen LogP contribution is -1.95. The van der Waals surface area contributed by atoms with E-state index in [1.165, 1.54) is 36.4 Å². The Balaban J connectivity index is 1.85. The lowest BCUT2D eigenvalue weighted by molar-refractivity contribution is 0.517. The van der Waals surface area contributed by atoms with Crippen molar-refractivity contribution < 1.29 is 22.0 Å². The second-order valence-electron chi connectivity index (χ2n) is 6.60. The van der Waals surface area contributed by atoms with Crippen LogP contribution in [0.5, 0.6) is 0 Å². The van der Waals surface area contributed by atoms with E-state index in [0.717, 1.165) is 18.2 Å². The molecule has 0 aliphatic carbocycles. The molecule has 0 fully saturated rings. The van der Waals surface area contributed by atoms with Crippen LogP contribution in [0.15, 0.2) is 60.7 Å². The van der Waals surface area contributed by atoms with Gasteiger partial charge in [0.15, 0.2) is 11.6 Å². The summed E-state index contributed by atoms with van der Waals surface area (Å²) in [4.78, 5) is 0. The first-order valence-electron chi connectivity index (χ1n) is 8.49. The van der Waals surface area contributed by atoms with Crippen molar-refractivity contribution in [1.82, 2.24) is 0 Å². The van der Waals surface area contributed by atoms with Gasteiger partial charge in [0.2, 0.25) is 0 Å². The van der Waals surface area contributed by atoms with E-state index in [9.17, 15) is 22.0 Å². The highest BCUT2D eigenvalue weighted by atomic mass is 19.2. The largest absolute Gasteiger partial charge is 0.206 e. The first-order chi connectivity index (χ1) is 13.3. The molecule has 0 heterocycles. The van der Waals surface area contributed by atoms with E-state index in [-0.39, 0.29) is 27.6 Å². The molecule has 0 saturated heterocycles. The Morgan fingerprint density at radius 2 is 1.29 bits per heavy atom. The summed E-state index contributed by atoms with van der Waals surface area (Å²) >= 11 is 0. The van der Waals surface area contributed by atoms with Crippen molar-refractivity contribution in [2.45, 2.75) is 6.92 Å². The number of fused-ring (bicyclic) bond motifs is 1. The molecule has 0 bridgehead atoms. The van der Waals surface area contributed by atoms with E-state index >= 15 is 0 Å². The van der Waals surface area contributed by atoms with Crippen molar-refractivity contribution in [3.8, 4) is 22.3 Å². The second kappa shape index (κ2) is 6.75. The number of benzene rings is 4. The van der Waals surface area contributed by atoms with Crippen LogP contribution in [-0.2, 0) is 0 Å². The van der Waals surface area contributed by atoms with Gasteiger partial charge in [-0.1, -0.05) is 30.3 Å². The zero-order valence-electron chi connectivity index (χ0n) is 14.7. The molecule has 140 valence electrons. The van der Waals surface area contributed by atoms with Crippen LogP contribution in [0.3, 0.4) is 0 Å². The first kappa shape index (κ1) is 18.2. The first-order valence-corrected chi connectivity index (χ1v) is 8.49. The van der Waals surface area contributed by atoms with Gasteiger partial charge in [0.1, 0.15) is 17.5 Å². The third-order valence-corrected chi connectivity index (χ3v) is 4.67. The van der Waals surface area contributed by atoms with Gasteiger partial charge in [0.05, 0.1) is 5.56 Å². The monoisotopic (exact) mass is 384 g/mol. The van der Waals surface area contributed by atoms with Gasteiger partial charge in [-0.25, -0.2) is 22.0 Å². The summed E-state index contributed by atoms with van der Waals surface area (Å²) in [5.41, 5.74) is 0.710. The van der Waals surface area contributed by atoms with Gasteiger partial charge >= 0.3 is 0 Å². The summed E-state index contributed by atoms with van der Waals surface area (Å²) in [6.07, 6.45) is 0. The molecule has 5 heteroatoms. The molecule has 0 spiro atoms. The summed E-state index contributed by atoms with van der Waals surface area (Å²) in [6.45, 7) is 1.71. The predicted octanol–water partition coefficient (Wildman–Crippen LogP) is 7.18. The van der Waals surface area contributed by atoms with E-state index in [2.05, 4.69) is 0 Å². The number of aryl methyl sites for hydroxylation is 1. The van der Waals surface area contributed by atoms with Crippen molar-refractivity contribution >= 4 is 10.8 Å². The zero-order valence-corrected chi connectivity index (χ0v) is 14.7. The average Bonchev–Trinajstić information content (AvgIpc) is 2.64. The molecule has 0 saturated carbocycles. The van der Waals surface area contributed by atoms with Gasteiger partial charge < -0.3 is 0 Å². The second-order valence-corrected chi connectivity index (χ2v) is 6.60. The highest BCUT2D eigenvalue weighted by molar-refractivity contribution is 5.88. The lowest BCUT2D eigenvalue weighted by atomic mass is 9.96. The van der Waals surface area contributed by atoms with Crippen LogP contribution in [0, 0.1) is 36.0 Å². The third kappa shape index (κ3) is 3.03. The van der Waals surface area contributed by atoms with E-state index in [1.807, 2.05) is 0 Å². The molecule has 0 unspecified atom stereocenters. The maximum Gasteiger partial charge on any atom is 0.166 e. The van der Waals surface area contributed by atoms with Crippen LogP contribution in [-0.4, -0.2) is 0 Å². The van der Waals surface area contributed by atoms with Gasteiger partial charge in [-0.3, -0.25) is 0 Å². The normalized spacial score (nSPS) is 11.2. The Hall–Kier alpha value is -3.21. The molecule has 0 radical (unpaired) electrons. The Bertz CT molecular complexity index is 1200. The number of hydrogen-bond donors (Lipinski definition) is 0. The molecule has 0 atom stereocenters. The van der Waals surface area contributed by atoms with Crippen LogP contribution in [0.1, 0.15) is 5.56 Å². The standard InChI is InChI=1S/C23H13F5/c1-12-2-5-16(19(25)8-12)15-10-20(26)22(21(27)11-15)14-3-6-17-13(9-14)4-7-18(24)23(17)28/h2-11H,1H3. The molecule has 0 amide bonds. The van der Waals surface area contributed by atoms with Crippen molar-refractivity contribution in [2.24, 2.45) is 0 Å². The van der Waals surface area contributed by atoms with Gasteiger partial charge in [-0.2, -0.15) is 0 Å². The molecule has 0 aliphatic rings. The van der Waals surface area contributed by atoms with Crippen LogP contribution < -0.4 is 0 Å². The molecule has 0 nitrogen and oxygen atoms in total. The topological polar surface area (TPSA) is 0 Å². The Kier molecular flexibility index (Phi) is 4.38. The van der Waals surface area contributed by atoms with E-state index in [0.29, 0.717) is 10.9 Å². The van der Waals surface area contributed by atoms with E-state index in [1.54, 1.807) is 13.0 Å². The van der Waals surface area contributed by atoms with Gasteiger partial charge in [-0.05, 0) is 59.3 Å². The van der Waals surface area contributed by atoms with Crippen LogP contribution >= 0.6 is 0 Å². The van der Waals surface area contributed by atoms with Crippen LogP contribution in [0.4, 0.5) is 22.0 Å². The highest BCUT2D eigenvalue weighted by Crippen LogP contribution is 2.34. The van der Waals surface area contributed by atoms with Gasteiger partial charge in [-0.15, -0.1) is 0 Å². The number of halogens is 5. The molecular formula is C23H13F5. The zero-order chi connectivity index (χ0) is 20.0. The van der Waals surface area contributed by atoms with Crippen molar-refractivity contribution in [3.05, 3.63) is 95.3 Å². The minimum absolute atomic E-state index is 0.0166. The minimum atomic E-state index is -1.02. The van der Waals surface area contributed by atoms with Crippen molar-refractivity contribution in [2.75, 3.05) is 0 Å². The number of rotatable bonds is 2. The SMILES string of the molecule is Cc1ccc(-c2cc(F)c(-c3ccc4c(F)c(F)ccc4c3)c(F)c2)c(F)c1. The predicted molar refractivity (Wildman–Crippen MR) is 99.3 cm³/mol.